The molecule has 0 spiro atoms. The number of fused-ring (bicyclic) bond motifs is 1. The molecule has 3 aromatic carbocycles. The number of carbonyl (C=O) groups excluding carboxylic acids is 1. The summed E-state index contributed by atoms with van der Waals surface area (Å²) in [4.78, 5) is 14.7. The van der Waals surface area contributed by atoms with E-state index in [1.807, 2.05) is 36.4 Å². The van der Waals surface area contributed by atoms with Crippen LogP contribution in [0.25, 0.3) is 0 Å². The van der Waals surface area contributed by atoms with Crippen molar-refractivity contribution in [1.82, 2.24) is 10.2 Å². The molecule has 6 heteroatoms. The number of hydrogen-bond acceptors (Lipinski definition) is 3. The van der Waals surface area contributed by atoms with E-state index < -0.39 is 0 Å². The van der Waals surface area contributed by atoms with Crippen molar-refractivity contribution in [3.63, 3.8) is 0 Å². The Morgan fingerprint density at radius 3 is 2.48 bits per heavy atom. The molecule has 0 aliphatic carbocycles. The number of ether oxygens (including phenoxy) is 1. The van der Waals surface area contributed by atoms with Gasteiger partial charge in [-0.15, -0.1) is 0 Å². The van der Waals surface area contributed by atoms with E-state index in [2.05, 4.69) is 39.8 Å². The fourth-order valence-corrected chi connectivity index (χ4v) is 4.33. The fraction of sp³-hybridized carbons (Fsp3) is 0.296. The molecule has 1 atom stereocenters. The highest BCUT2D eigenvalue weighted by molar-refractivity contribution is 5.89. The standard InChI is InChI=1S/C27H30FN3O2/c1-33-26-13-11-24(12-14-26)30-27(32)29-15-4-16-31-19-22-6-3-2-5-21(22)18-25(31)17-20-7-9-23(28)10-8-20/h2-3,5-14,25H,4,15-19H2,1H3,(H2,29,30,32). The molecule has 1 unspecified atom stereocenters. The largest absolute Gasteiger partial charge is 0.497 e. The van der Waals surface area contributed by atoms with Crippen LogP contribution in [0.2, 0.25) is 0 Å². The molecule has 0 bridgehead atoms. The number of amides is 2. The van der Waals surface area contributed by atoms with Crippen LogP contribution in [0.1, 0.15) is 23.1 Å². The molecule has 0 saturated heterocycles. The molecular weight excluding hydrogens is 417 g/mol. The Bertz CT molecular complexity index is 1050. The maximum atomic E-state index is 13.3. The van der Waals surface area contributed by atoms with Gasteiger partial charge in [0, 0.05) is 31.4 Å². The van der Waals surface area contributed by atoms with E-state index in [0.29, 0.717) is 12.6 Å². The van der Waals surface area contributed by atoms with Crippen molar-refractivity contribution >= 4 is 11.7 Å². The molecule has 5 nitrogen and oxygen atoms in total. The van der Waals surface area contributed by atoms with E-state index in [4.69, 9.17) is 4.74 Å². The van der Waals surface area contributed by atoms with Crippen LogP contribution in [0.4, 0.5) is 14.9 Å². The Hall–Kier alpha value is -3.38. The minimum absolute atomic E-state index is 0.205. The molecule has 1 aliphatic rings. The van der Waals surface area contributed by atoms with E-state index in [-0.39, 0.29) is 11.8 Å². The topological polar surface area (TPSA) is 53.6 Å². The molecule has 0 aromatic heterocycles. The van der Waals surface area contributed by atoms with E-state index in [1.165, 1.54) is 23.3 Å². The summed E-state index contributed by atoms with van der Waals surface area (Å²) < 4.78 is 18.5. The Morgan fingerprint density at radius 1 is 1.03 bits per heavy atom. The van der Waals surface area contributed by atoms with Crippen LogP contribution in [-0.2, 0) is 19.4 Å². The quantitative estimate of drug-likeness (QED) is 0.477. The summed E-state index contributed by atoms with van der Waals surface area (Å²) in [6.07, 6.45) is 2.69. The SMILES string of the molecule is COc1ccc(NC(=O)NCCCN2Cc3ccccc3CC2Cc2ccc(F)cc2)cc1. The lowest BCUT2D eigenvalue weighted by Gasteiger charge is -2.37. The monoisotopic (exact) mass is 447 g/mol. The van der Waals surface area contributed by atoms with E-state index in [0.717, 1.165) is 49.4 Å². The zero-order valence-corrected chi connectivity index (χ0v) is 18.9. The van der Waals surface area contributed by atoms with Gasteiger partial charge in [0.2, 0.25) is 0 Å². The summed E-state index contributed by atoms with van der Waals surface area (Å²) in [6, 6.07) is 22.7. The summed E-state index contributed by atoms with van der Waals surface area (Å²) >= 11 is 0. The van der Waals surface area contributed by atoms with Crippen molar-refractivity contribution in [2.24, 2.45) is 0 Å². The third-order valence-electron chi connectivity index (χ3n) is 6.10. The van der Waals surface area contributed by atoms with Gasteiger partial charge < -0.3 is 15.4 Å². The number of benzene rings is 3. The second kappa shape index (κ2) is 11.0. The van der Waals surface area contributed by atoms with Crippen LogP contribution in [0.15, 0.2) is 72.8 Å². The summed E-state index contributed by atoms with van der Waals surface area (Å²) in [5.41, 5.74) is 4.61. The molecule has 4 rings (SSSR count). The smallest absolute Gasteiger partial charge is 0.319 e. The molecule has 33 heavy (non-hydrogen) atoms. The molecule has 0 radical (unpaired) electrons. The zero-order chi connectivity index (χ0) is 23.0. The first-order valence-electron chi connectivity index (χ1n) is 11.3. The number of halogens is 1. The third kappa shape index (κ3) is 6.33. The molecule has 1 aliphatic heterocycles. The second-order valence-electron chi connectivity index (χ2n) is 8.39. The number of rotatable bonds is 8. The number of hydrogen-bond donors (Lipinski definition) is 2. The van der Waals surface area contributed by atoms with Gasteiger partial charge in [-0.2, -0.15) is 0 Å². The van der Waals surface area contributed by atoms with Gasteiger partial charge in [0.25, 0.3) is 0 Å². The number of urea groups is 1. The summed E-state index contributed by atoms with van der Waals surface area (Å²) in [5, 5.41) is 5.78. The summed E-state index contributed by atoms with van der Waals surface area (Å²) in [5.74, 6) is 0.544. The van der Waals surface area contributed by atoms with Crippen LogP contribution in [0.5, 0.6) is 5.75 Å². The zero-order valence-electron chi connectivity index (χ0n) is 18.9. The highest BCUT2D eigenvalue weighted by Crippen LogP contribution is 2.25. The number of nitrogens with zero attached hydrogens (tertiary/aromatic N) is 1. The summed E-state index contributed by atoms with van der Waals surface area (Å²) in [7, 11) is 1.61. The number of anilines is 1. The number of carbonyl (C=O) groups is 1. The number of methoxy groups -OCH3 is 1. The highest BCUT2D eigenvalue weighted by Gasteiger charge is 2.25. The van der Waals surface area contributed by atoms with Gasteiger partial charge in [0.05, 0.1) is 7.11 Å². The molecule has 3 aromatic rings. The lowest BCUT2D eigenvalue weighted by Crippen LogP contribution is -2.43. The van der Waals surface area contributed by atoms with Crippen molar-refractivity contribution in [2.75, 3.05) is 25.5 Å². The van der Waals surface area contributed by atoms with Crippen LogP contribution in [-0.4, -0.2) is 37.2 Å². The van der Waals surface area contributed by atoms with Crippen molar-refractivity contribution in [3.8, 4) is 5.75 Å². The summed E-state index contributed by atoms with van der Waals surface area (Å²) in [6.45, 7) is 2.35. The maximum Gasteiger partial charge on any atom is 0.319 e. The van der Waals surface area contributed by atoms with Crippen molar-refractivity contribution < 1.29 is 13.9 Å². The van der Waals surface area contributed by atoms with Crippen molar-refractivity contribution in [3.05, 3.63) is 95.3 Å². The van der Waals surface area contributed by atoms with Gasteiger partial charge >= 0.3 is 6.03 Å². The Kier molecular flexibility index (Phi) is 7.58. The highest BCUT2D eigenvalue weighted by atomic mass is 19.1. The molecule has 2 N–H and O–H groups in total. The second-order valence-corrected chi connectivity index (χ2v) is 8.39. The maximum absolute atomic E-state index is 13.3. The molecule has 0 saturated carbocycles. The normalized spacial score (nSPS) is 15.5. The Morgan fingerprint density at radius 2 is 1.76 bits per heavy atom. The van der Waals surface area contributed by atoms with E-state index in [9.17, 15) is 9.18 Å². The molecule has 2 amide bonds. The average Bonchev–Trinajstić information content (AvgIpc) is 2.84. The third-order valence-corrected chi connectivity index (χ3v) is 6.10. The van der Waals surface area contributed by atoms with Crippen LogP contribution >= 0.6 is 0 Å². The van der Waals surface area contributed by atoms with Crippen LogP contribution in [0.3, 0.4) is 0 Å². The van der Waals surface area contributed by atoms with Gasteiger partial charge in [-0.1, -0.05) is 36.4 Å². The Labute approximate surface area is 194 Å². The molecule has 172 valence electrons. The predicted octanol–water partition coefficient (Wildman–Crippen LogP) is 5.02. The van der Waals surface area contributed by atoms with Gasteiger partial charge in [-0.05, 0) is 72.4 Å². The van der Waals surface area contributed by atoms with Crippen molar-refractivity contribution in [1.29, 1.82) is 0 Å². The van der Waals surface area contributed by atoms with Gasteiger partial charge in [-0.3, -0.25) is 4.90 Å². The van der Waals surface area contributed by atoms with Crippen LogP contribution in [0, 0.1) is 5.82 Å². The first-order valence-corrected chi connectivity index (χ1v) is 11.3. The van der Waals surface area contributed by atoms with Gasteiger partial charge in [0.1, 0.15) is 11.6 Å². The van der Waals surface area contributed by atoms with Gasteiger partial charge in [-0.25, -0.2) is 9.18 Å². The van der Waals surface area contributed by atoms with Gasteiger partial charge in [0.15, 0.2) is 0 Å². The van der Waals surface area contributed by atoms with E-state index in [1.54, 1.807) is 7.11 Å². The Balaban J connectivity index is 1.30. The lowest BCUT2D eigenvalue weighted by atomic mass is 9.90. The van der Waals surface area contributed by atoms with Crippen LogP contribution < -0.4 is 15.4 Å². The predicted molar refractivity (Wildman–Crippen MR) is 129 cm³/mol. The minimum atomic E-state index is -0.216. The lowest BCUT2D eigenvalue weighted by molar-refractivity contribution is 0.168. The average molecular weight is 448 g/mol. The molecule has 1 heterocycles. The first-order chi connectivity index (χ1) is 16.1. The fourth-order valence-electron chi connectivity index (χ4n) is 4.33. The minimum Gasteiger partial charge on any atom is -0.497 e. The first kappa shape index (κ1) is 22.8. The molecular formula is C27H30FN3O2. The molecule has 0 fully saturated rings. The van der Waals surface area contributed by atoms with E-state index >= 15 is 0 Å². The van der Waals surface area contributed by atoms with Crippen molar-refractivity contribution in [2.45, 2.75) is 31.8 Å². The number of nitrogens with one attached hydrogen (secondary N) is 2.